The number of hydrogen-bond acceptors (Lipinski definition) is 8. The van der Waals surface area contributed by atoms with Crippen LogP contribution in [0.1, 0.15) is 21.8 Å². The first-order valence-electron chi connectivity index (χ1n) is 8.16. The Hall–Kier alpha value is -3.33. The van der Waals surface area contributed by atoms with Crippen LogP contribution in [0.5, 0.6) is 11.5 Å². The van der Waals surface area contributed by atoms with Gasteiger partial charge >= 0.3 is 11.7 Å². The molecule has 1 aromatic heterocycles. The molecule has 0 aliphatic heterocycles. The molecule has 28 heavy (non-hydrogen) atoms. The third-order valence-electron chi connectivity index (χ3n) is 3.72. The van der Waals surface area contributed by atoms with E-state index >= 15 is 0 Å². The molecule has 0 spiro atoms. The van der Waals surface area contributed by atoms with E-state index < -0.39 is 10.9 Å². The molecule has 1 heterocycles. The number of thioether (sulfide) groups is 1. The summed E-state index contributed by atoms with van der Waals surface area (Å²) in [5.41, 5.74) is 0.721. The molecule has 0 aliphatic rings. The number of benzene rings is 2. The zero-order chi connectivity index (χ0) is 20.1. The normalized spacial score (nSPS) is 10.5. The number of hydrogen-bond donors (Lipinski definition) is 0. The molecule has 3 aromatic rings. The number of nitro benzene ring substituents is 1. The van der Waals surface area contributed by atoms with E-state index in [9.17, 15) is 14.9 Å². The van der Waals surface area contributed by atoms with Crippen molar-refractivity contribution in [2.24, 2.45) is 0 Å². The van der Waals surface area contributed by atoms with Crippen molar-refractivity contribution in [3.63, 3.8) is 0 Å². The Morgan fingerprint density at radius 2 is 2.04 bits per heavy atom. The van der Waals surface area contributed by atoms with Gasteiger partial charge in [0.15, 0.2) is 0 Å². The molecule has 8 nitrogen and oxygen atoms in total. The lowest BCUT2D eigenvalue weighted by Crippen LogP contribution is -2.11. The standard InChI is InChI=1S/C19H16N2O6S/c1-12-9-14(27-20-12)11-28-18-6-4-3-5-15(18)19(22)26-17-8-7-13(25-2)10-16(17)21(23)24/h3-10H,11H2,1-2H3. The van der Waals surface area contributed by atoms with Crippen LogP contribution in [-0.4, -0.2) is 23.2 Å². The van der Waals surface area contributed by atoms with Crippen LogP contribution in [0.2, 0.25) is 0 Å². The molecule has 0 radical (unpaired) electrons. The average molecular weight is 400 g/mol. The highest BCUT2D eigenvalue weighted by Crippen LogP contribution is 2.33. The molecule has 0 saturated heterocycles. The van der Waals surface area contributed by atoms with E-state index in [4.69, 9.17) is 14.0 Å². The molecule has 0 unspecified atom stereocenters. The Labute approximate surface area is 164 Å². The van der Waals surface area contributed by atoms with Crippen LogP contribution in [0.15, 0.2) is 57.9 Å². The molecule has 0 N–H and O–H groups in total. The van der Waals surface area contributed by atoms with Crippen LogP contribution in [0, 0.1) is 17.0 Å². The van der Waals surface area contributed by atoms with E-state index in [2.05, 4.69) is 5.16 Å². The average Bonchev–Trinajstić information content (AvgIpc) is 3.12. The molecule has 0 bridgehead atoms. The van der Waals surface area contributed by atoms with E-state index in [1.54, 1.807) is 24.3 Å². The van der Waals surface area contributed by atoms with Crippen molar-refractivity contribution in [1.82, 2.24) is 5.16 Å². The van der Waals surface area contributed by atoms with Crippen molar-refractivity contribution >= 4 is 23.4 Å². The van der Waals surface area contributed by atoms with Gasteiger partial charge in [0.1, 0.15) is 11.5 Å². The first kappa shape index (κ1) is 19.4. The van der Waals surface area contributed by atoms with E-state index in [1.807, 2.05) is 13.0 Å². The maximum absolute atomic E-state index is 12.7. The van der Waals surface area contributed by atoms with E-state index in [0.29, 0.717) is 27.7 Å². The highest BCUT2D eigenvalue weighted by molar-refractivity contribution is 7.98. The van der Waals surface area contributed by atoms with Crippen molar-refractivity contribution in [2.75, 3.05) is 7.11 Å². The first-order chi connectivity index (χ1) is 13.5. The van der Waals surface area contributed by atoms with Crippen LogP contribution in [0.3, 0.4) is 0 Å². The van der Waals surface area contributed by atoms with Crippen molar-refractivity contribution < 1.29 is 23.7 Å². The SMILES string of the molecule is COc1ccc(OC(=O)c2ccccc2SCc2cc(C)no2)c([N+](=O)[O-])c1. The topological polar surface area (TPSA) is 105 Å². The summed E-state index contributed by atoms with van der Waals surface area (Å²) >= 11 is 1.38. The summed E-state index contributed by atoms with van der Waals surface area (Å²) in [4.78, 5) is 24.0. The predicted molar refractivity (Wildman–Crippen MR) is 102 cm³/mol. The van der Waals surface area contributed by atoms with E-state index in [1.165, 1.54) is 37.1 Å². The maximum atomic E-state index is 12.7. The molecule has 3 rings (SSSR count). The van der Waals surface area contributed by atoms with Gasteiger partial charge in [0.2, 0.25) is 5.75 Å². The minimum Gasteiger partial charge on any atom is -0.496 e. The van der Waals surface area contributed by atoms with Gasteiger partial charge in [0.25, 0.3) is 0 Å². The Balaban J connectivity index is 1.81. The largest absolute Gasteiger partial charge is 0.496 e. The van der Waals surface area contributed by atoms with Gasteiger partial charge in [-0.25, -0.2) is 4.79 Å². The Morgan fingerprint density at radius 1 is 1.25 bits per heavy atom. The van der Waals surface area contributed by atoms with Crippen LogP contribution >= 0.6 is 11.8 Å². The monoisotopic (exact) mass is 400 g/mol. The number of nitrogens with zero attached hydrogens (tertiary/aromatic N) is 2. The minimum absolute atomic E-state index is 0.151. The molecule has 0 saturated carbocycles. The highest BCUT2D eigenvalue weighted by Gasteiger charge is 2.22. The fraction of sp³-hybridized carbons (Fsp3) is 0.158. The second kappa shape index (κ2) is 8.57. The fourth-order valence-electron chi connectivity index (χ4n) is 2.40. The predicted octanol–water partition coefficient (Wildman–Crippen LogP) is 4.41. The number of aromatic nitrogens is 1. The number of ether oxygens (including phenoxy) is 2. The van der Waals surface area contributed by atoms with Crippen LogP contribution in [0.25, 0.3) is 0 Å². The van der Waals surface area contributed by atoms with Crippen LogP contribution < -0.4 is 9.47 Å². The molecule has 0 amide bonds. The summed E-state index contributed by atoms with van der Waals surface area (Å²) in [6, 6.07) is 12.7. The number of rotatable bonds is 7. The molecular formula is C19H16N2O6S. The summed E-state index contributed by atoms with van der Waals surface area (Å²) in [6.07, 6.45) is 0. The van der Waals surface area contributed by atoms with E-state index in [0.717, 1.165) is 5.69 Å². The Morgan fingerprint density at radius 3 is 2.71 bits per heavy atom. The van der Waals surface area contributed by atoms with Crippen molar-refractivity contribution in [3.8, 4) is 11.5 Å². The lowest BCUT2D eigenvalue weighted by Gasteiger charge is -2.09. The third kappa shape index (κ3) is 4.49. The second-order valence-electron chi connectivity index (χ2n) is 5.70. The van der Waals surface area contributed by atoms with Crippen molar-refractivity contribution in [1.29, 1.82) is 0 Å². The quantitative estimate of drug-likeness (QED) is 0.189. The number of carbonyl (C=O) groups is 1. The summed E-state index contributed by atoms with van der Waals surface area (Å²) in [6.45, 7) is 1.82. The smallest absolute Gasteiger partial charge is 0.344 e. The second-order valence-corrected chi connectivity index (χ2v) is 6.72. The number of methoxy groups -OCH3 is 1. The molecule has 0 fully saturated rings. The van der Waals surface area contributed by atoms with Crippen molar-refractivity contribution in [2.45, 2.75) is 17.6 Å². The van der Waals surface area contributed by atoms with Crippen LogP contribution in [0.4, 0.5) is 5.69 Å². The van der Waals surface area contributed by atoms with Gasteiger partial charge in [-0.3, -0.25) is 10.1 Å². The fourth-order valence-corrected chi connectivity index (χ4v) is 3.32. The molecular weight excluding hydrogens is 384 g/mol. The van der Waals surface area contributed by atoms with Gasteiger partial charge in [-0.05, 0) is 31.2 Å². The maximum Gasteiger partial charge on any atom is 0.344 e. The van der Waals surface area contributed by atoms with Gasteiger partial charge < -0.3 is 14.0 Å². The summed E-state index contributed by atoms with van der Waals surface area (Å²) in [5, 5.41) is 15.1. The number of esters is 1. The van der Waals surface area contributed by atoms with Gasteiger partial charge in [-0.1, -0.05) is 17.3 Å². The highest BCUT2D eigenvalue weighted by atomic mass is 32.2. The molecule has 0 aliphatic carbocycles. The first-order valence-corrected chi connectivity index (χ1v) is 9.15. The van der Waals surface area contributed by atoms with Crippen molar-refractivity contribution in [3.05, 3.63) is 75.7 Å². The lowest BCUT2D eigenvalue weighted by atomic mass is 10.2. The molecule has 2 aromatic carbocycles. The van der Waals surface area contributed by atoms with Gasteiger partial charge in [-0.2, -0.15) is 0 Å². The molecule has 0 atom stereocenters. The zero-order valence-electron chi connectivity index (χ0n) is 15.1. The summed E-state index contributed by atoms with van der Waals surface area (Å²) in [7, 11) is 1.40. The molecule has 9 heteroatoms. The third-order valence-corrected chi connectivity index (χ3v) is 4.81. The van der Waals surface area contributed by atoms with E-state index in [-0.39, 0.29) is 11.4 Å². The number of aryl methyl sites for hydroxylation is 1. The zero-order valence-corrected chi connectivity index (χ0v) is 15.9. The van der Waals surface area contributed by atoms with Crippen LogP contribution in [-0.2, 0) is 5.75 Å². The van der Waals surface area contributed by atoms with Gasteiger partial charge in [0, 0.05) is 11.0 Å². The Kier molecular flexibility index (Phi) is 5.95. The summed E-state index contributed by atoms with van der Waals surface area (Å²) in [5.74, 6) is 0.612. The lowest BCUT2D eigenvalue weighted by molar-refractivity contribution is -0.385. The summed E-state index contributed by atoms with van der Waals surface area (Å²) < 4.78 is 15.5. The number of carbonyl (C=O) groups excluding carboxylic acids is 1. The van der Waals surface area contributed by atoms with Gasteiger partial charge in [-0.15, -0.1) is 11.8 Å². The molecule has 144 valence electrons. The van der Waals surface area contributed by atoms with Gasteiger partial charge in [0.05, 0.1) is 35.1 Å². The Bertz CT molecular complexity index is 1020. The minimum atomic E-state index is -0.690. The number of nitro groups is 1.